The van der Waals surface area contributed by atoms with Gasteiger partial charge in [-0.3, -0.25) is 4.57 Å². The molecule has 0 saturated heterocycles. The fraction of sp³-hybridized carbons (Fsp3) is 0. The Balaban J connectivity index is 0.983. The third-order valence-electron chi connectivity index (χ3n) is 12.0. The third kappa shape index (κ3) is 5.53. The van der Waals surface area contributed by atoms with Crippen molar-refractivity contribution in [2.45, 2.75) is 0 Å². The summed E-state index contributed by atoms with van der Waals surface area (Å²) in [5, 5.41) is 7.30. The van der Waals surface area contributed by atoms with Gasteiger partial charge in [0.25, 0.3) is 0 Å². The first kappa shape index (κ1) is 34.0. The molecule has 12 rings (SSSR count). The van der Waals surface area contributed by atoms with E-state index in [4.69, 9.17) is 9.97 Å². The van der Waals surface area contributed by atoms with Gasteiger partial charge in [-0.25, -0.2) is 9.97 Å². The number of rotatable bonds is 6. The van der Waals surface area contributed by atoms with Crippen LogP contribution in [0.4, 0.5) is 0 Å². The van der Waals surface area contributed by atoms with Crippen LogP contribution in [0.15, 0.2) is 218 Å². The smallest absolute Gasteiger partial charge is 0.235 e. The molecule has 3 heterocycles. The van der Waals surface area contributed by atoms with Crippen LogP contribution in [0.5, 0.6) is 0 Å². The van der Waals surface area contributed by atoms with Crippen molar-refractivity contribution in [3.8, 4) is 56.4 Å². The molecule has 0 N–H and O–H groups in total. The Morgan fingerprint density at radius 1 is 0.283 bits per heavy atom. The predicted octanol–water partition coefficient (Wildman–Crippen LogP) is 14.5. The zero-order valence-electron chi connectivity index (χ0n) is 32.6. The lowest BCUT2D eigenvalue weighted by Gasteiger charge is -2.12. The minimum atomic E-state index is 0.647. The normalized spacial score (nSPS) is 11.7. The second-order valence-corrected chi connectivity index (χ2v) is 15.4. The first-order valence-electron chi connectivity index (χ1n) is 20.4. The van der Waals surface area contributed by atoms with Crippen LogP contribution in [0.25, 0.3) is 111 Å². The highest BCUT2D eigenvalue weighted by Gasteiger charge is 2.19. The zero-order chi connectivity index (χ0) is 39.6. The molecule has 0 aliphatic carbocycles. The van der Waals surface area contributed by atoms with Gasteiger partial charge in [0.15, 0.2) is 0 Å². The summed E-state index contributed by atoms with van der Waals surface area (Å²) in [4.78, 5) is 10.4. The molecule has 9 aromatic carbocycles. The molecule has 4 nitrogen and oxygen atoms in total. The fourth-order valence-electron chi connectivity index (χ4n) is 9.11. The first-order chi connectivity index (χ1) is 29.7. The van der Waals surface area contributed by atoms with E-state index in [0.29, 0.717) is 5.95 Å². The first-order valence-corrected chi connectivity index (χ1v) is 20.4. The maximum absolute atomic E-state index is 5.22. The molecule has 0 unspecified atom stereocenters. The summed E-state index contributed by atoms with van der Waals surface area (Å²) in [6.07, 6.45) is 0. The second-order valence-electron chi connectivity index (χ2n) is 15.4. The van der Waals surface area contributed by atoms with Gasteiger partial charge in [-0.05, 0) is 87.6 Å². The molecule has 0 bridgehead atoms. The van der Waals surface area contributed by atoms with Crippen LogP contribution in [0.2, 0.25) is 0 Å². The Hall–Kier alpha value is -8.08. The van der Waals surface area contributed by atoms with Gasteiger partial charge in [0, 0.05) is 38.4 Å². The number of para-hydroxylation sites is 2. The van der Waals surface area contributed by atoms with Crippen LogP contribution in [0.1, 0.15) is 0 Å². The molecule has 4 heteroatoms. The van der Waals surface area contributed by atoms with E-state index in [0.717, 1.165) is 55.6 Å². The molecule has 0 aliphatic heterocycles. The Morgan fingerprint density at radius 3 is 1.37 bits per heavy atom. The Labute approximate surface area is 346 Å². The molecule has 3 aromatic heterocycles. The fourth-order valence-corrected chi connectivity index (χ4v) is 9.11. The van der Waals surface area contributed by atoms with Crippen LogP contribution in [-0.4, -0.2) is 19.1 Å². The average Bonchev–Trinajstić information content (AvgIpc) is 3.84. The average molecular weight is 765 g/mol. The lowest BCUT2D eigenvalue weighted by atomic mass is 9.98. The maximum atomic E-state index is 5.22. The van der Waals surface area contributed by atoms with E-state index >= 15 is 0 Å². The molecule has 0 spiro atoms. The lowest BCUT2D eigenvalue weighted by Crippen LogP contribution is -2.03. The molecule has 12 aromatic rings. The Morgan fingerprint density at radius 2 is 0.750 bits per heavy atom. The van der Waals surface area contributed by atoms with Gasteiger partial charge < -0.3 is 4.57 Å². The van der Waals surface area contributed by atoms with E-state index in [1.54, 1.807) is 0 Å². The van der Waals surface area contributed by atoms with Gasteiger partial charge in [-0.1, -0.05) is 164 Å². The van der Waals surface area contributed by atoms with E-state index in [9.17, 15) is 0 Å². The van der Waals surface area contributed by atoms with Gasteiger partial charge >= 0.3 is 0 Å². The zero-order valence-corrected chi connectivity index (χ0v) is 32.6. The van der Waals surface area contributed by atoms with Gasteiger partial charge in [-0.15, -0.1) is 0 Å². The van der Waals surface area contributed by atoms with Crippen LogP contribution >= 0.6 is 0 Å². The highest BCUT2D eigenvalue weighted by atomic mass is 15.2. The SMILES string of the molecule is c1ccc(-c2cc(-c3ccccc3)nc(-n3c4ccccc4c4cc(-c5ccc6c(c5)c5ccccc5n6-c5ccc(-c6cccc7ccccc67)cc5)ccc43)n2)cc1. The summed E-state index contributed by atoms with van der Waals surface area (Å²) < 4.78 is 4.61. The molecule has 0 fully saturated rings. The lowest BCUT2D eigenvalue weighted by molar-refractivity contribution is 0.995. The highest BCUT2D eigenvalue weighted by Crippen LogP contribution is 2.39. The number of aromatic nitrogens is 4. The summed E-state index contributed by atoms with van der Waals surface area (Å²) in [6.45, 7) is 0. The molecule has 60 heavy (non-hydrogen) atoms. The Kier molecular flexibility index (Phi) is 7.82. The summed E-state index contributed by atoms with van der Waals surface area (Å²) in [5.41, 5.74) is 14.3. The number of fused-ring (bicyclic) bond motifs is 7. The topological polar surface area (TPSA) is 35.6 Å². The predicted molar refractivity (Wildman–Crippen MR) is 250 cm³/mol. The van der Waals surface area contributed by atoms with Gasteiger partial charge in [-0.2, -0.15) is 0 Å². The van der Waals surface area contributed by atoms with E-state index in [2.05, 4.69) is 215 Å². The number of nitrogens with zero attached hydrogens (tertiary/aromatic N) is 4. The number of hydrogen-bond donors (Lipinski definition) is 0. The van der Waals surface area contributed by atoms with Crippen LogP contribution in [0.3, 0.4) is 0 Å². The van der Waals surface area contributed by atoms with E-state index in [1.165, 1.54) is 49.3 Å². The minimum absolute atomic E-state index is 0.647. The Bertz CT molecular complexity index is 3520. The monoisotopic (exact) mass is 764 g/mol. The molecule has 280 valence electrons. The van der Waals surface area contributed by atoms with Gasteiger partial charge in [0.1, 0.15) is 0 Å². The highest BCUT2D eigenvalue weighted by molar-refractivity contribution is 6.12. The van der Waals surface area contributed by atoms with Crippen molar-refractivity contribution in [1.29, 1.82) is 0 Å². The van der Waals surface area contributed by atoms with E-state index in [1.807, 2.05) is 12.1 Å². The molecule has 0 amide bonds. The van der Waals surface area contributed by atoms with Gasteiger partial charge in [0.2, 0.25) is 5.95 Å². The number of benzene rings is 9. The van der Waals surface area contributed by atoms with Crippen molar-refractivity contribution in [3.63, 3.8) is 0 Å². The third-order valence-corrected chi connectivity index (χ3v) is 12.0. The molecular formula is C56H36N4. The molecule has 0 aliphatic rings. The number of hydrogen-bond acceptors (Lipinski definition) is 2. The standard InChI is InChI=1S/C56H36N4/c1-3-15-39(16-4-1)50-36-51(40-17-5-2-6-18-40)58-56(57-50)60-53-25-12-10-22-47(53)49-35-42(29-33-55(49)60)41-28-32-54-48(34-41)46-21-9-11-24-52(46)59(54)43-30-26-38(27-31-43)45-23-13-19-37-14-7-8-20-44(37)45/h1-36H. The minimum Gasteiger partial charge on any atom is -0.309 e. The van der Waals surface area contributed by atoms with Crippen molar-refractivity contribution in [2.24, 2.45) is 0 Å². The summed E-state index contributed by atoms with van der Waals surface area (Å²) in [6, 6.07) is 78.0. The molecule has 0 atom stereocenters. The van der Waals surface area contributed by atoms with E-state index < -0.39 is 0 Å². The van der Waals surface area contributed by atoms with Crippen molar-refractivity contribution in [2.75, 3.05) is 0 Å². The maximum Gasteiger partial charge on any atom is 0.235 e. The summed E-state index contributed by atoms with van der Waals surface area (Å²) in [5.74, 6) is 0.647. The largest absolute Gasteiger partial charge is 0.309 e. The van der Waals surface area contributed by atoms with Crippen LogP contribution in [-0.2, 0) is 0 Å². The molecule has 0 radical (unpaired) electrons. The van der Waals surface area contributed by atoms with E-state index in [-0.39, 0.29) is 0 Å². The van der Waals surface area contributed by atoms with Crippen molar-refractivity contribution in [1.82, 2.24) is 19.1 Å². The van der Waals surface area contributed by atoms with Crippen molar-refractivity contribution in [3.05, 3.63) is 218 Å². The quantitative estimate of drug-likeness (QED) is 0.169. The second kappa shape index (κ2) is 13.8. The van der Waals surface area contributed by atoms with Crippen LogP contribution < -0.4 is 0 Å². The van der Waals surface area contributed by atoms with Crippen LogP contribution in [0, 0.1) is 0 Å². The summed E-state index contributed by atoms with van der Waals surface area (Å²) in [7, 11) is 0. The van der Waals surface area contributed by atoms with Crippen molar-refractivity contribution < 1.29 is 0 Å². The molecule has 0 saturated carbocycles. The van der Waals surface area contributed by atoms with Gasteiger partial charge in [0.05, 0.1) is 33.5 Å². The molecular weight excluding hydrogens is 729 g/mol. The summed E-state index contributed by atoms with van der Waals surface area (Å²) >= 11 is 0. The van der Waals surface area contributed by atoms with Crippen molar-refractivity contribution >= 4 is 54.4 Å².